The van der Waals surface area contributed by atoms with Crippen LogP contribution < -0.4 is 11.1 Å². The molecule has 2 nitrogen and oxygen atoms in total. The van der Waals surface area contributed by atoms with Crippen molar-refractivity contribution in [3.05, 3.63) is 28.8 Å². The quantitative estimate of drug-likeness (QED) is 0.811. The highest BCUT2D eigenvalue weighted by Crippen LogP contribution is 2.28. The minimum Gasteiger partial charge on any atom is -0.389 e. The molecule has 0 heterocycles. The molecule has 86 valence electrons. The molecule has 0 spiro atoms. The van der Waals surface area contributed by atoms with Crippen LogP contribution in [0.25, 0.3) is 0 Å². The second-order valence-corrected chi connectivity index (χ2v) is 5.05. The van der Waals surface area contributed by atoms with Gasteiger partial charge in [-0.15, -0.1) is 0 Å². The summed E-state index contributed by atoms with van der Waals surface area (Å²) in [6.45, 7) is 0.982. The van der Waals surface area contributed by atoms with E-state index in [0.29, 0.717) is 10.0 Å². The minimum atomic E-state index is 0.349. The first-order chi connectivity index (χ1) is 7.68. The molecule has 0 bridgehead atoms. The minimum absolute atomic E-state index is 0.349. The number of hydrogen-bond acceptors (Lipinski definition) is 2. The van der Waals surface area contributed by atoms with Crippen LogP contribution in [0.4, 0.5) is 5.69 Å². The van der Waals surface area contributed by atoms with Crippen LogP contribution in [0.1, 0.15) is 24.8 Å². The van der Waals surface area contributed by atoms with E-state index < -0.39 is 0 Å². The van der Waals surface area contributed by atoms with E-state index in [9.17, 15) is 0 Å². The summed E-state index contributed by atoms with van der Waals surface area (Å²) < 4.78 is 0. The maximum atomic E-state index is 6.08. The average molecular weight is 255 g/mol. The first-order valence-corrected chi connectivity index (χ1v) is 6.29. The van der Waals surface area contributed by atoms with Gasteiger partial charge in [0, 0.05) is 12.2 Å². The zero-order valence-corrected chi connectivity index (χ0v) is 10.6. The summed E-state index contributed by atoms with van der Waals surface area (Å²) in [5, 5.41) is 4.00. The summed E-state index contributed by atoms with van der Waals surface area (Å²) in [7, 11) is 0. The van der Waals surface area contributed by atoms with E-state index in [4.69, 9.17) is 29.6 Å². The Morgan fingerprint density at radius 3 is 2.81 bits per heavy atom. The van der Waals surface area contributed by atoms with Crippen LogP contribution in [0.5, 0.6) is 0 Å². The van der Waals surface area contributed by atoms with Crippen LogP contribution >= 0.6 is 23.8 Å². The van der Waals surface area contributed by atoms with Crippen molar-refractivity contribution in [1.29, 1.82) is 0 Å². The van der Waals surface area contributed by atoms with Crippen molar-refractivity contribution >= 4 is 34.5 Å². The first kappa shape index (κ1) is 11.7. The van der Waals surface area contributed by atoms with Gasteiger partial charge in [0.2, 0.25) is 0 Å². The SMILES string of the molecule is NC(=S)c1c(Cl)cccc1NCC1CCC1. The van der Waals surface area contributed by atoms with Crippen molar-refractivity contribution in [2.75, 3.05) is 11.9 Å². The molecule has 16 heavy (non-hydrogen) atoms. The van der Waals surface area contributed by atoms with E-state index >= 15 is 0 Å². The van der Waals surface area contributed by atoms with Crippen molar-refractivity contribution in [1.82, 2.24) is 0 Å². The van der Waals surface area contributed by atoms with Crippen LogP contribution in [0.2, 0.25) is 5.02 Å². The van der Waals surface area contributed by atoms with Gasteiger partial charge in [0.25, 0.3) is 0 Å². The molecule has 3 N–H and O–H groups in total. The molecular formula is C12H15ClN2S. The van der Waals surface area contributed by atoms with Gasteiger partial charge in [0.1, 0.15) is 4.99 Å². The lowest BCUT2D eigenvalue weighted by atomic mass is 9.85. The molecule has 1 aromatic carbocycles. The molecule has 0 saturated heterocycles. The third kappa shape index (κ3) is 2.47. The van der Waals surface area contributed by atoms with Crippen LogP contribution in [-0.2, 0) is 0 Å². The Labute approximate surface area is 106 Å². The Morgan fingerprint density at radius 1 is 1.50 bits per heavy atom. The number of thiocarbonyl (C=S) groups is 1. The maximum absolute atomic E-state index is 6.08. The average Bonchev–Trinajstić information content (AvgIpc) is 2.14. The molecule has 0 aliphatic heterocycles. The Balaban J connectivity index is 2.12. The highest BCUT2D eigenvalue weighted by Gasteiger charge is 2.18. The number of hydrogen-bond donors (Lipinski definition) is 2. The first-order valence-electron chi connectivity index (χ1n) is 5.50. The Bertz CT molecular complexity index is 402. The van der Waals surface area contributed by atoms with Gasteiger partial charge in [-0.1, -0.05) is 36.3 Å². The summed E-state index contributed by atoms with van der Waals surface area (Å²) >= 11 is 11.1. The number of anilines is 1. The predicted molar refractivity (Wildman–Crippen MR) is 73.2 cm³/mol. The molecule has 2 rings (SSSR count). The van der Waals surface area contributed by atoms with Crippen LogP contribution in [0.3, 0.4) is 0 Å². The van der Waals surface area contributed by atoms with E-state index in [1.165, 1.54) is 19.3 Å². The fraction of sp³-hybridized carbons (Fsp3) is 0.417. The predicted octanol–water partition coefficient (Wildman–Crippen LogP) is 3.19. The largest absolute Gasteiger partial charge is 0.389 e. The topological polar surface area (TPSA) is 38.0 Å². The van der Waals surface area contributed by atoms with Gasteiger partial charge in [-0.3, -0.25) is 0 Å². The third-order valence-corrected chi connectivity index (χ3v) is 3.59. The van der Waals surface area contributed by atoms with Gasteiger partial charge in [-0.2, -0.15) is 0 Å². The smallest absolute Gasteiger partial charge is 0.107 e. The molecule has 1 aliphatic rings. The summed E-state index contributed by atoms with van der Waals surface area (Å²) in [6.07, 6.45) is 3.98. The molecule has 1 aliphatic carbocycles. The monoisotopic (exact) mass is 254 g/mol. The Morgan fingerprint density at radius 2 is 2.25 bits per heavy atom. The molecule has 0 radical (unpaired) electrons. The van der Waals surface area contributed by atoms with Gasteiger partial charge in [-0.25, -0.2) is 0 Å². The molecule has 0 aromatic heterocycles. The molecule has 1 saturated carbocycles. The van der Waals surface area contributed by atoms with Crippen molar-refractivity contribution in [3.8, 4) is 0 Å². The molecule has 1 fully saturated rings. The zero-order chi connectivity index (χ0) is 11.5. The molecule has 0 unspecified atom stereocenters. The van der Waals surface area contributed by atoms with E-state index in [1.807, 2.05) is 18.2 Å². The number of halogens is 1. The number of rotatable bonds is 4. The summed E-state index contributed by atoms with van der Waals surface area (Å²) in [6, 6.07) is 5.69. The van der Waals surface area contributed by atoms with Gasteiger partial charge >= 0.3 is 0 Å². The lowest BCUT2D eigenvalue weighted by Crippen LogP contribution is -2.22. The highest BCUT2D eigenvalue weighted by molar-refractivity contribution is 7.80. The highest BCUT2D eigenvalue weighted by atomic mass is 35.5. The molecular weight excluding hydrogens is 240 g/mol. The van der Waals surface area contributed by atoms with Gasteiger partial charge < -0.3 is 11.1 Å². The maximum Gasteiger partial charge on any atom is 0.107 e. The Kier molecular flexibility index (Phi) is 3.66. The molecule has 4 heteroatoms. The second kappa shape index (κ2) is 5.02. The Hall–Kier alpha value is -0.800. The number of nitrogens with one attached hydrogen (secondary N) is 1. The second-order valence-electron chi connectivity index (χ2n) is 4.20. The van der Waals surface area contributed by atoms with E-state index in [-0.39, 0.29) is 0 Å². The van der Waals surface area contributed by atoms with Crippen molar-refractivity contribution in [2.45, 2.75) is 19.3 Å². The third-order valence-electron chi connectivity index (χ3n) is 3.07. The zero-order valence-electron chi connectivity index (χ0n) is 9.00. The van der Waals surface area contributed by atoms with E-state index in [2.05, 4.69) is 5.32 Å². The fourth-order valence-corrected chi connectivity index (χ4v) is 2.43. The molecule has 0 atom stereocenters. The molecule has 1 aromatic rings. The normalized spacial score (nSPS) is 15.6. The van der Waals surface area contributed by atoms with E-state index in [0.717, 1.165) is 23.7 Å². The van der Waals surface area contributed by atoms with E-state index in [1.54, 1.807) is 0 Å². The standard InChI is InChI=1S/C12H15ClN2S/c13-9-5-2-6-10(11(9)12(14)16)15-7-8-3-1-4-8/h2,5-6,8,15H,1,3-4,7H2,(H2,14,16). The molecule has 0 amide bonds. The van der Waals surface area contributed by atoms with Gasteiger partial charge in [0.15, 0.2) is 0 Å². The lowest BCUT2D eigenvalue weighted by molar-refractivity contribution is 0.333. The van der Waals surface area contributed by atoms with Gasteiger partial charge in [-0.05, 0) is 30.9 Å². The van der Waals surface area contributed by atoms with Crippen molar-refractivity contribution < 1.29 is 0 Å². The van der Waals surface area contributed by atoms with Crippen LogP contribution in [0, 0.1) is 5.92 Å². The van der Waals surface area contributed by atoms with Crippen molar-refractivity contribution in [3.63, 3.8) is 0 Å². The number of nitrogens with two attached hydrogens (primary N) is 1. The summed E-state index contributed by atoms with van der Waals surface area (Å²) in [4.78, 5) is 0.349. The lowest BCUT2D eigenvalue weighted by Gasteiger charge is -2.26. The summed E-state index contributed by atoms with van der Waals surface area (Å²) in [5.74, 6) is 0.790. The van der Waals surface area contributed by atoms with Crippen LogP contribution in [-0.4, -0.2) is 11.5 Å². The number of benzene rings is 1. The van der Waals surface area contributed by atoms with Crippen molar-refractivity contribution in [2.24, 2.45) is 11.7 Å². The van der Waals surface area contributed by atoms with Crippen LogP contribution in [0.15, 0.2) is 18.2 Å². The summed E-state index contributed by atoms with van der Waals surface area (Å²) in [5.41, 5.74) is 7.39. The fourth-order valence-electron chi connectivity index (χ4n) is 1.87. The van der Waals surface area contributed by atoms with Gasteiger partial charge in [0.05, 0.1) is 10.6 Å².